The lowest BCUT2D eigenvalue weighted by atomic mass is 10.0. The van der Waals surface area contributed by atoms with Gasteiger partial charge in [0.25, 0.3) is 0 Å². The van der Waals surface area contributed by atoms with E-state index in [9.17, 15) is 10.2 Å². The van der Waals surface area contributed by atoms with E-state index in [1.165, 1.54) is 0 Å². The molecule has 0 aliphatic heterocycles. The average molecular weight is 220 g/mol. The minimum absolute atomic E-state index is 0.235. The number of hydrogen-bond donors (Lipinski definition) is 4. The van der Waals surface area contributed by atoms with Crippen LogP contribution in [0.15, 0.2) is 24.4 Å². The Morgan fingerprint density at radius 1 is 1.44 bits per heavy atom. The highest BCUT2D eigenvalue weighted by Crippen LogP contribution is 2.23. The fourth-order valence-electron chi connectivity index (χ4n) is 1.76. The molecule has 1 aromatic carbocycles. The number of aliphatic hydroxyl groups excluding tert-OH is 1. The van der Waals surface area contributed by atoms with Crippen molar-refractivity contribution in [2.45, 2.75) is 25.5 Å². The number of nitrogens with two attached hydrogens (primary N) is 1. The van der Waals surface area contributed by atoms with Crippen molar-refractivity contribution in [1.29, 1.82) is 0 Å². The molecule has 0 amide bonds. The van der Waals surface area contributed by atoms with Crippen molar-refractivity contribution in [3.05, 3.63) is 30.0 Å². The molecule has 16 heavy (non-hydrogen) atoms. The molecule has 1 heterocycles. The molecule has 2 aromatic rings. The quantitative estimate of drug-likeness (QED) is 0.625. The molecule has 5 N–H and O–H groups in total. The summed E-state index contributed by atoms with van der Waals surface area (Å²) in [7, 11) is 0. The fourth-order valence-corrected chi connectivity index (χ4v) is 1.76. The van der Waals surface area contributed by atoms with Gasteiger partial charge in [-0.05, 0) is 37.1 Å². The maximum atomic E-state index is 9.42. The van der Waals surface area contributed by atoms with Crippen LogP contribution in [-0.2, 0) is 6.42 Å². The fraction of sp³-hybridized carbons (Fsp3) is 0.333. The standard InChI is InChI=1S/C12H16N2O2/c1-7(15)11(13)4-8-6-14-12-3-2-9(16)5-10(8)12/h2-3,5-7,11,14-16H,4,13H2,1H3/t7?,11-/m0/s1. The topological polar surface area (TPSA) is 82.3 Å². The predicted octanol–water partition coefficient (Wildman–Crippen LogP) is 1.12. The highest BCUT2D eigenvalue weighted by Gasteiger charge is 2.13. The lowest BCUT2D eigenvalue weighted by molar-refractivity contribution is 0.163. The number of nitrogens with one attached hydrogen (secondary N) is 1. The van der Waals surface area contributed by atoms with E-state index in [2.05, 4.69) is 4.98 Å². The molecule has 0 aliphatic rings. The van der Waals surface area contributed by atoms with Crippen LogP contribution in [0.2, 0.25) is 0 Å². The van der Waals surface area contributed by atoms with Gasteiger partial charge in [-0.3, -0.25) is 0 Å². The van der Waals surface area contributed by atoms with E-state index in [0.29, 0.717) is 6.42 Å². The van der Waals surface area contributed by atoms with Crippen LogP contribution >= 0.6 is 0 Å². The first-order valence-corrected chi connectivity index (χ1v) is 5.30. The van der Waals surface area contributed by atoms with E-state index in [1.54, 1.807) is 19.1 Å². The summed E-state index contributed by atoms with van der Waals surface area (Å²) in [6.07, 6.45) is 1.91. The first-order valence-electron chi connectivity index (χ1n) is 5.30. The summed E-state index contributed by atoms with van der Waals surface area (Å²) in [6.45, 7) is 1.68. The van der Waals surface area contributed by atoms with Crippen LogP contribution in [0.4, 0.5) is 0 Å². The van der Waals surface area contributed by atoms with Crippen molar-refractivity contribution in [1.82, 2.24) is 4.98 Å². The summed E-state index contributed by atoms with van der Waals surface area (Å²) in [5, 5.41) is 19.7. The molecule has 0 radical (unpaired) electrons. The van der Waals surface area contributed by atoms with Crippen LogP contribution in [0.5, 0.6) is 5.75 Å². The molecule has 2 rings (SSSR count). The summed E-state index contributed by atoms with van der Waals surface area (Å²) >= 11 is 0. The second-order valence-electron chi connectivity index (χ2n) is 4.15. The van der Waals surface area contributed by atoms with Gasteiger partial charge >= 0.3 is 0 Å². The van der Waals surface area contributed by atoms with Gasteiger partial charge in [0, 0.05) is 23.1 Å². The molecule has 1 unspecified atom stereocenters. The summed E-state index contributed by atoms with van der Waals surface area (Å²) in [5.74, 6) is 0.235. The summed E-state index contributed by atoms with van der Waals surface area (Å²) in [4.78, 5) is 3.11. The Hall–Kier alpha value is -1.52. The maximum absolute atomic E-state index is 9.42. The number of phenolic OH excluding ortho intramolecular Hbond substituents is 1. The minimum Gasteiger partial charge on any atom is -0.508 e. The number of fused-ring (bicyclic) bond motifs is 1. The van der Waals surface area contributed by atoms with Crippen molar-refractivity contribution < 1.29 is 10.2 Å². The zero-order valence-corrected chi connectivity index (χ0v) is 9.14. The van der Waals surface area contributed by atoms with Gasteiger partial charge in [0.1, 0.15) is 5.75 Å². The molecule has 0 fully saturated rings. The van der Waals surface area contributed by atoms with Gasteiger partial charge in [0.2, 0.25) is 0 Å². The van der Waals surface area contributed by atoms with E-state index in [4.69, 9.17) is 5.73 Å². The number of aromatic amines is 1. The number of rotatable bonds is 3. The summed E-state index contributed by atoms with van der Waals surface area (Å²) in [6, 6.07) is 4.87. The molecule has 0 saturated heterocycles. The number of hydrogen-bond acceptors (Lipinski definition) is 3. The molecule has 0 saturated carbocycles. The number of aliphatic hydroxyl groups is 1. The van der Waals surface area contributed by atoms with Crippen LogP contribution in [-0.4, -0.2) is 27.3 Å². The molecule has 0 spiro atoms. The van der Waals surface area contributed by atoms with Crippen molar-refractivity contribution in [3.63, 3.8) is 0 Å². The van der Waals surface area contributed by atoms with Gasteiger partial charge in [-0.15, -0.1) is 0 Å². The molecular formula is C12H16N2O2. The second kappa shape index (κ2) is 4.15. The van der Waals surface area contributed by atoms with E-state index >= 15 is 0 Å². The van der Waals surface area contributed by atoms with Crippen LogP contribution in [0.1, 0.15) is 12.5 Å². The molecule has 2 atom stereocenters. The van der Waals surface area contributed by atoms with E-state index in [-0.39, 0.29) is 11.8 Å². The third kappa shape index (κ3) is 2.03. The van der Waals surface area contributed by atoms with Crippen LogP contribution in [0.25, 0.3) is 10.9 Å². The number of benzene rings is 1. The minimum atomic E-state index is -0.540. The Labute approximate surface area is 93.7 Å². The molecule has 0 bridgehead atoms. The molecule has 4 nitrogen and oxygen atoms in total. The lowest BCUT2D eigenvalue weighted by Gasteiger charge is -2.13. The van der Waals surface area contributed by atoms with Crippen molar-refractivity contribution in [2.24, 2.45) is 5.73 Å². The summed E-state index contributed by atoms with van der Waals surface area (Å²) < 4.78 is 0. The average Bonchev–Trinajstić information content (AvgIpc) is 2.61. The number of H-pyrrole nitrogens is 1. The zero-order chi connectivity index (χ0) is 11.7. The Morgan fingerprint density at radius 3 is 2.88 bits per heavy atom. The van der Waals surface area contributed by atoms with E-state index in [1.807, 2.05) is 12.3 Å². The smallest absolute Gasteiger partial charge is 0.116 e. The summed E-state index contributed by atoms with van der Waals surface area (Å²) in [5.41, 5.74) is 7.79. The largest absolute Gasteiger partial charge is 0.508 e. The second-order valence-corrected chi connectivity index (χ2v) is 4.15. The van der Waals surface area contributed by atoms with Crippen LogP contribution in [0, 0.1) is 0 Å². The van der Waals surface area contributed by atoms with E-state index < -0.39 is 6.10 Å². The first-order chi connectivity index (χ1) is 7.58. The Kier molecular flexibility index (Phi) is 2.85. The highest BCUT2D eigenvalue weighted by atomic mass is 16.3. The third-order valence-electron chi connectivity index (χ3n) is 2.83. The maximum Gasteiger partial charge on any atom is 0.116 e. The van der Waals surface area contributed by atoms with Crippen LogP contribution < -0.4 is 5.73 Å². The van der Waals surface area contributed by atoms with Gasteiger partial charge < -0.3 is 20.9 Å². The van der Waals surface area contributed by atoms with Gasteiger partial charge in [0.05, 0.1) is 6.10 Å². The number of aromatic nitrogens is 1. The van der Waals surface area contributed by atoms with Crippen molar-refractivity contribution in [2.75, 3.05) is 0 Å². The Bertz CT molecular complexity index is 491. The predicted molar refractivity (Wildman–Crippen MR) is 63.3 cm³/mol. The van der Waals surface area contributed by atoms with Crippen LogP contribution in [0.3, 0.4) is 0 Å². The molecule has 1 aromatic heterocycles. The van der Waals surface area contributed by atoms with Gasteiger partial charge in [0.15, 0.2) is 0 Å². The lowest BCUT2D eigenvalue weighted by Crippen LogP contribution is -2.34. The van der Waals surface area contributed by atoms with E-state index in [0.717, 1.165) is 16.5 Å². The number of aromatic hydroxyl groups is 1. The number of phenols is 1. The zero-order valence-electron chi connectivity index (χ0n) is 9.14. The van der Waals surface area contributed by atoms with Gasteiger partial charge in [-0.25, -0.2) is 0 Å². The Balaban J connectivity index is 2.34. The van der Waals surface area contributed by atoms with Crippen molar-refractivity contribution >= 4 is 10.9 Å². The van der Waals surface area contributed by atoms with Gasteiger partial charge in [-0.1, -0.05) is 0 Å². The SMILES string of the molecule is CC(O)[C@@H](N)Cc1c[nH]c2ccc(O)cc12. The van der Waals surface area contributed by atoms with Gasteiger partial charge in [-0.2, -0.15) is 0 Å². The molecule has 4 heteroatoms. The normalized spacial score (nSPS) is 15.2. The third-order valence-corrected chi connectivity index (χ3v) is 2.83. The first kappa shape index (κ1) is 11.0. The highest BCUT2D eigenvalue weighted by molar-refractivity contribution is 5.84. The Morgan fingerprint density at radius 2 is 2.19 bits per heavy atom. The monoisotopic (exact) mass is 220 g/mol. The molecule has 86 valence electrons. The molecule has 0 aliphatic carbocycles. The molecular weight excluding hydrogens is 204 g/mol. The van der Waals surface area contributed by atoms with Crippen molar-refractivity contribution in [3.8, 4) is 5.75 Å².